The van der Waals surface area contributed by atoms with Crippen LogP contribution in [0.15, 0.2) is 60.7 Å². The summed E-state index contributed by atoms with van der Waals surface area (Å²) in [6.07, 6.45) is 1.29. The summed E-state index contributed by atoms with van der Waals surface area (Å²) in [4.78, 5) is 79.2. The smallest absolute Gasteiger partial charge is 0.323 e. The van der Waals surface area contributed by atoms with Gasteiger partial charge in [0.25, 0.3) is 0 Å². The van der Waals surface area contributed by atoms with Crippen LogP contribution in [-0.2, 0) is 41.6 Å². The number of carboxylic acid groups (broad SMARTS) is 1. The third kappa shape index (κ3) is 12.2. The predicted molar refractivity (Wildman–Crippen MR) is 186 cm³/mol. The molecule has 15 nitrogen and oxygen atoms in total. The summed E-state index contributed by atoms with van der Waals surface area (Å²) in [5.41, 5.74) is 23.4. The quantitative estimate of drug-likeness (QED) is 0.0836. The van der Waals surface area contributed by atoms with Gasteiger partial charge >= 0.3 is 5.97 Å². The van der Waals surface area contributed by atoms with Crippen LogP contribution in [0.4, 0.5) is 0 Å². The number of amides is 5. The summed E-state index contributed by atoms with van der Waals surface area (Å²) in [6, 6.07) is 13.7. The van der Waals surface area contributed by atoms with E-state index >= 15 is 0 Å². The second kappa shape index (κ2) is 19.4. The van der Waals surface area contributed by atoms with Crippen molar-refractivity contribution in [2.75, 3.05) is 19.6 Å². The first-order chi connectivity index (χ1) is 23.8. The van der Waals surface area contributed by atoms with Crippen molar-refractivity contribution < 1.29 is 33.9 Å². The minimum Gasteiger partial charge on any atom is -0.480 e. The minimum absolute atomic E-state index is 0.0400. The normalized spacial score (nSPS) is 16.3. The molecule has 1 fully saturated rings. The highest BCUT2D eigenvalue weighted by atomic mass is 16.4. The van der Waals surface area contributed by atoms with Crippen LogP contribution in [0.2, 0.25) is 0 Å². The number of nitrogens with zero attached hydrogens (tertiary/aromatic N) is 1. The Hall–Kier alpha value is -4.86. The minimum atomic E-state index is -1.45. The lowest BCUT2D eigenvalue weighted by atomic mass is 9.88. The van der Waals surface area contributed by atoms with Crippen LogP contribution >= 0.6 is 0 Å². The zero-order chi connectivity index (χ0) is 36.7. The van der Waals surface area contributed by atoms with Crippen molar-refractivity contribution in [3.05, 3.63) is 71.8 Å². The summed E-state index contributed by atoms with van der Waals surface area (Å²) in [5.74, 6) is -4.28. The molecule has 272 valence electrons. The second-order valence-corrected chi connectivity index (χ2v) is 12.7. The van der Waals surface area contributed by atoms with Crippen molar-refractivity contribution >= 4 is 35.5 Å². The van der Waals surface area contributed by atoms with E-state index in [0.717, 1.165) is 11.1 Å². The lowest BCUT2D eigenvalue weighted by Gasteiger charge is -2.38. The van der Waals surface area contributed by atoms with Crippen molar-refractivity contribution in [3.63, 3.8) is 0 Å². The van der Waals surface area contributed by atoms with Crippen LogP contribution in [0.25, 0.3) is 0 Å². The number of rotatable bonds is 19. The molecule has 0 aliphatic carbocycles. The van der Waals surface area contributed by atoms with Crippen molar-refractivity contribution in [3.8, 4) is 0 Å². The zero-order valence-corrected chi connectivity index (χ0v) is 28.2. The van der Waals surface area contributed by atoms with Crippen LogP contribution in [0.3, 0.4) is 0 Å². The molecule has 0 radical (unpaired) electrons. The molecule has 12 N–H and O–H groups in total. The van der Waals surface area contributed by atoms with Gasteiger partial charge in [-0.1, -0.05) is 60.7 Å². The highest BCUT2D eigenvalue weighted by molar-refractivity contribution is 5.95. The van der Waals surface area contributed by atoms with Crippen LogP contribution in [0.1, 0.15) is 56.1 Å². The lowest BCUT2D eigenvalue weighted by Crippen LogP contribution is -2.60. The predicted octanol–water partition coefficient (Wildman–Crippen LogP) is -0.947. The molecular formula is C35H50N8O7. The van der Waals surface area contributed by atoms with Crippen molar-refractivity contribution in [2.45, 2.75) is 87.5 Å². The fourth-order valence-electron chi connectivity index (χ4n) is 5.71. The third-order valence-corrected chi connectivity index (χ3v) is 8.82. The number of nitrogens with two attached hydrogens (primary N) is 4. The average molecular weight is 695 g/mol. The second-order valence-electron chi connectivity index (χ2n) is 12.7. The summed E-state index contributed by atoms with van der Waals surface area (Å²) in [7, 11) is 0. The molecule has 15 heteroatoms. The van der Waals surface area contributed by atoms with Crippen LogP contribution < -0.4 is 38.9 Å². The monoisotopic (exact) mass is 694 g/mol. The number of aliphatic carboxylic acids is 1. The molecule has 5 amide bonds. The molecule has 4 atom stereocenters. The van der Waals surface area contributed by atoms with Gasteiger partial charge in [0.2, 0.25) is 29.5 Å². The molecular weight excluding hydrogens is 644 g/mol. The third-order valence-electron chi connectivity index (χ3n) is 8.82. The van der Waals surface area contributed by atoms with E-state index in [2.05, 4.69) is 16.0 Å². The van der Waals surface area contributed by atoms with Gasteiger partial charge in [-0.3, -0.25) is 28.8 Å². The number of hydrogen-bond acceptors (Lipinski definition) is 9. The van der Waals surface area contributed by atoms with E-state index in [1.165, 1.54) is 4.90 Å². The maximum atomic E-state index is 13.8. The van der Waals surface area contributed by atoms with E-state index in [4.69, 9.17) is 22.9 Å². The Morgan fingerprint density at radius 2 is 1.26 bits per heavy atom. The summed E-state index contributed by atoms with van der Waals surface area (Å²) in [5, 5.41) is 17.6. The van der Waals surface area contributed by atoms with Crippen molar-refractivity contribution in [2.24, 2.45) is 22.9 Å². The number of likely N-dealkylation sites (tertiary alicyclic amines) is 1. The number of benzene rings is 2. The largest absolute Gasteiger partial charge is 0.480 e. The maximum absolute atomic E-state index is 13.8. The summed E-state index contributed by atoms with van der Waals surface area (Å²) < 4.78 is 0. The maximum Gasteiger partial charge on any atom is 0.323 e. The van der Waals surface area contributed by atoms with Gasteiger partial charge in [-0.15, -0.1) is 0 Å². The van der Waals surface area contributed by atoms with Crippen LogP contribution in [0.5, 0.6) is 0 Å². The van der Waals surface area contributed by atoms with Crippen LogP contribution in [0, 0.1) is 0 Å². The first-order valence-corrected chi connectivity index (χ1v) is 16.9. The van der Waals surface area contributed by atoms with Gasteiger partial charge in [-0.2, -0.15) is 0 Å². The van der Waals surface area contributed by atoms with Gasteiger partial charge < -0.3 is 48.9 Å². The lowest BCUT2D eigenvalue weighted by molar-refractivity contribution is -0.148. The van der Waals surface area contributed by atoms with Gasteiger partial charge in [0.15, 0.2) is 0 Å². The zero-order valence-electron chi connectivity index (χ0n) is 28.2. The molecule has 1 aliphatic rings. The van der Waals surface area contributed by atoms with Gasteiger partial charge in [-0.25, -0.2) is 0 Å². The summed E-state index contributed by atoms with van der Waals surface area (Å²) in [6.45, 7) is 0.535. The molecule has 0 unspecified atom stereocenters. The van der Waals surface area contributed by atoms with Crippen molar-refractivity contribution in [1.29, 1.82) is 0 Å². The Morgan fingerprint density at radius 1 is 0.740 bits per heavy atom. The average Bonchev–Trinajstić information content (AvgIpc) is 3.10. The van der Waals surface area contributed by atoms with Gasteiger partial charge in [-0.05, 0) is 62.6 Å². The molecule has 1 aliphatic heterocycles. The number of nitrogens with one attached hydrogen (secondary N) is 3. The van der Waals surface area contributed by atoms with E-state index in [1.807, 2.05) is 36.4 Å². The van der Waals surface area contributed by atoms with Gasteiger partial charge in [0.1, 0.15) is 23.7 Å². The Morgan fingerprint density at radius 3 is 1.80 bits per heavy atom. The molecule has 2 aromatic carbocycles. The number of hydrogen-bond donors (Lipinski definition) is 8. The molecule has 0 bridgehead atoms. The Bertz CT molecular complexity index is 1450. The molecule has 1 saturated heterocycles. The number of carboxylic acids is 1. The topological polar surface area (TPSA) is 266 Å². The SMILES string of the molecule is NCCCC[C@@H](NC(=O)[C@@H](CCC(N)=O)NC(=O)[C@@H](Cc1ccccc1)NC(=O)[C@H](N)Cc1ccccc1)C(=O)N1CCC(N)(C(=O)O)CC1. The highest BCUT2D eigenvalue weighted by Gasteiger charge is 2.40. The van der Waals surface area contributed by atoms with Crippen molar-refractivity contribution in [1.82, 2.24) is 20.9 Å². The number of carbonyl (C=O) groups excluding carboxylic acids is 5. The molecule has 2 aromatic rings. The highest BCUT2D eigenvalue weighted by Crippen LogP contribution is 2.21. The number of piperidine rings is 1. The van der Waals surface area contributed by atoms with E-state index in [-0.39, 0.29) is 58.0 Å². The fraction of sp³-hybridized carbons (Fsp3) is 0.486. The Balaban J connectivity index is 1.79. The summed E-state index contributed by atoms with van der Waals surface area (Å²) >= 11 is 0. The van der Waals surface area contributed by atoms with Gasteiger partial charge in [0.05, 0.1) is 6.04 Å². The number of carbonyl (C=O) groups is 6. The molecule has 50 heavy (non-hydrogen) atoms. The number of unbranched alkanes of at least 4 members (excludes halogenated alkanes) is 1. The Kier molecular flexibility index (Phi) is 15.3. The fourth-order valence-corrected chi connectivity index (χ4v) is 5.71. The van der Waals surface area contributed by atoms with E-state index in [9.17, 15) is 33.9 Å². The molecule has 0 spiro atoms. The molecule has 1 heterocycles. The molecule has 0 aromatic heterocycles. The Labute approximate surface area is 291 Å². The van der Waals surface area contributed by atoms with Crippen LogP contribution in [-0.4, -0.2) is 94.9 Å². The van der Waals surface area contributed by atoms with E-state index in [0.29, 0.717) is 19.4 Å². The first-order valence-electron chi connectivity index (χ1n) is 16.9. The van der Waals surface area contributed by atoms with E-state index in [1.54, 1.807) is 24.3 Å². The standard InChI is InChI=1S/C35H50N8O7/c36-18-8-7-13-27(33(48)43-19-16-35(39,17-20-43)34(49)50)41-31(46)26(14-15-29(38)44)40-32(47)28(22-24-11-5-2-6-12-24)42-30(45)25(37)21-23-9-3-1-4-10-23/h1-6,9-12,25-28H,7-8,13-22,36-37,39H2,(H2,38,44)(H,40,47)(H,41,46)(H,42,45)(H,49,50)/t25-,26-,27-,28-/m1/s1. The first kappa shape index (κ1) is 39.6. The molecule has 3 rings (SSSR count). The number of primary amides is 1. The van der Waals surface area contributed by atoms with Gasteiger partial charge in [0, 0.05) is 25.9 Å². The van der Waals surface area contributed by atoms with E-state index < -0.39 is 65.2 Å². The molecule has 0 saturated carbocycles.